The molecule has 0 unspecified atom stereocenters. The number of carbonyl (C=O) groups excluding carboxylic acids is 1. The maximum absolute atomic E-state index is 12.6. The lowest BCUT2D eigenvalue weighted by molar-refractivity contribution is -0.137. The number of carbonyl (C=O) groups is 1. The van der Waals surface area contributed by atoms with Crippen LogP contribution in [0, 0.1) is 13.8 Å². The second-order valence-electron chi connectivity index (χ2n) is 5.53. The molecule has 25 heavy (non-hydrogen) atoms. The van der Waals surface area contributed by atoms with Crippen LogP contribution >= 0.6 is 0 Å². The molecule has 2 N–H and O–H groups in total. The molecule has 5 nitrogen and oxygen atoms in total. The smallest absolute Gasteiger partial charge is 0.416 e. The van der Waals surface area contributed by atoms with Crippen LogP contribution in [0.1, 0.15) is 27.4 Å². The highest BCUT2D eigenvalue weighted by molar-refractivity contribution is 5.95. The predicted molar refractivity (Wildman–Crippen MR) is 83.5 cm³/mol. The summed E-state index contributed by atoms with van der Waals surface area (Å²) in [6, 6.07) is 5.94. The molecular formula is C17H18F3NO4. The molecule has 0 fully saturated rings. The van der Waals surface area contributed by atoms with E-state index in [2.05, 4.69) is 5.32 Å². The highest BCUT2D eigenvalue weighted by Crippen LogP contribution is 2.31. The molecule has 0 saturated carbocycles. The first-order valence-electron chi connectivity index (χ1n) is 7.50. The Morgan fingerprint density at radius 2 is 2.04 bits per heavy atom. The fourth-order valence-corrected chi connectivity index (χ4v) is 2.18. The minimum absolute atomic E-state index is 0.0125. The van der Waals surface area contributed by atoms with Crippen molar-refractivity contribution in [2.24, 2.45) is 0 Å². The third-order valence-corrected chi connectivity index (χ3v) is 3.39. The fourth-order valence-electron chi connectivity index (χ4n) is 2.18. The van der Waals surface area contributed by atoms with Gasteiger partial charge in [-0.25, -0.2) is 0 Å². The van der Waals surface area contributed by atoms with Gasteiger partial charge < -0.3 is 19.6 Å². The Labute approximate surface area is 142 Å². The Bertz CT molecular complexity index is 740. The first-order valence-corrected chi connectivity index (χ1v) is 7.50. The lowest BCUT2D eigenvalue weighted by Gasteiger charge is -2.14. The molecule has 1 heterocycles. The van der Waals surface area contributed by atoms with Crippen LogP contribution in [0.25, 0.3) is 0 Å². The van der Waals surface area contributed by atoms with Crippen molar-refractivity contribution in [1.29, 1.82) is 0 Å². The molecule has 1 amide bonds. The molecule has 0 aliphatic heterocycles. The van der Waals surface area contributed by atoms with Gasteiger partial charge in [0.15, 0.2) is 0 Å². The fraction of sp³-hybridized carbons (Fsp3) is 0.353. The van der Waals surface area contributed by atoms with Gasteiger partial charge in [-0.3, -0.25) is 4.79 Å². The van der Waals surface area contributed by atoms with Crippen LogP contribution in [0.2, 0.25) is 0 Å². The first kappa shape index (κ1) is 18.9. The Hall–Kier alpha value is -2.48. The van der Waals surface area contributed by atoms with Crippen molar-refractivity contribution in [3.8, 4) is 5.75 Å². The zero-order valence-corrected chi connectivity index (χ0v) is 13.7. The highest BCUT2D eigenvalue weighted by Gasteiger charge is 2.30. The minimum atomic E-state index is -4.47. The second-order valence-corrected chi connectivity index (χ2v) is 5.53. The molecule has 2 rings (SSSR count). The van der Waals surface area contributed by atoms with E-state index in [1.54, 1.807) is 19.9 Å². The number of amides is 1. The van der Waals surface area contributed by atoms with Gasteiger partial charge in [0.25, 0.3) is 5.91 Å². The number of furan rings is 1. The number of hydrogen-bond donors (Lipinski definition) is 2. The Morgan fingerprint density at radius 3 is 2.64 bits per heavy atom. The van der Waals surface area contributed by atoms with E-state index in [1.165, 1.54) is 12.1 Å². The average molecular weight is 357 g/mol. The van der Waals surface area contributed by atoms with Crippen LogP contribution in [0.15, 0.2) is 34.7 Å². The molecule has 136 valence electrons. The Morgan fingerprint density at radius 1 is 1.32 bits per heavy atom. The number of ether oxygens (including phenoxy) is 1. The number of benzene rings is 1. The van der Waals surface area contributed by atoms with Gasteiger partial charge in [-0.1, -0.05) is 6.07 Å². The Kier molecular flexibility index (Phi) is 5.73. The summed E-state index contributed by atoms with van der Waals surface area (Å²) in [6.45, 7) is 2.99. The summed E-state index contributed by atoms with van der Waals surface area (Å²) in [5, 5.41) is 12.3. The van der Waals surface area contributed by atoms with Crippen molar-refractivity contribution in [2.45, 2.75) is 26.1 Å². The molecule has 2 aromatic rings. The summed E-state index contributed by atoms with van der Waals surface area (Å²) >= 11 is 0. The second kappa shape index (κ2) is 7.60. The van der Waals surface area contributed by atoms with Crippen molar-refractivity contribution >= 4 is 5.91 Å². The summed E-state index contributed by atoms with van der Waals surface area (Å²) in [5.41, 5.74) is -0.470. The number of aryl methyl sites for hydroxylation is 2. The SMILES string of the molecule is Cc1cc(C(=O)NC[C@H](O)COc2cccc(C(F)(F)F)c2)c(C)o1. The highest BCUT2D eigenvalue weighted by atomic mass is 19.4. The quantitative estimate of drug-likeness (QED) is 0.833. The van der Waals surface area contributed by atoms with Crippen LogP contribution < -0.4 is 10.1 Å². The zero-order chi connectivity index (χ0) is 18.6. The maximum Gasteiger partial charge on any atom is 0.416 e. The molecule has 8 heteroatoms. The van der Waals surface area contributed by atoms with Crippen LogP contribution in [0.3, 0.4) is 0 Å². The van der Waals surface area contributed by atoms with Gasteiger partial charge in [0, 0.05) is 6.54 Å². The minimum Gasteiger partial charge on any atom is -0.491 e. The number of aliphatic hydroxyl groups is 1. The number of halogens is 3. The molecule has 0 bridgehead atoms. The summed E-state index contributed by atoms with van der Waals surface area (Å²) in [4.78, 5) is 12.0. The van der Waals surface area contributed by atoms with E-state index in [-0.39, 0.29) is 18.9 Å². The van der Waals surface area contributed by atoms with Gasteiger partial charge in [0.05, 0.1) is 11.1 Å². The number of aliphatic hydroxyl groups excluding tert-OH is 1. The van der Waals surface area contributed by atoms with Gasteiger partial charge >= 0.3 is 6.18 Å². The van der Waals surface area contributed by atoms with Crippen molar-refractivity contribution < 1.29 is 32.2 Å². The number of hydrogen-bond acceptors (Lipinski definition) is 4. The van der Waals surface area contributed by atoms with E-state index in [4.69, 9.17) is 9.15 Å². The van der Waals surface area contributed by atoms with E-state index < -0.39 is 23.8 Å². The van der Waals surface area contributed by atoms with E-state index in [0.29, 0.717) is 17.1 Å². The normalized spacial score (nSPS) is 12.7. The van der Waals surface area contributed by atoms with E-state index in [9.17, 15) is 23.1 Å². The molecule has 0 aliphatic rings. The van der Waals surface area contributed by atoms with E-state index in [0.717, 1.165) is 12.1 Å². The molecule has 1 atom stereocenters. The number of nitrogens with one attached hydrogen (secondary N) is 1. The lowest BCUT2D eigenvalue weighted by atomic mass is 10.2. The molecule has 0 spiro atoms. The van der Waals surface area contributed by atoms with E-state index in [1.807, 2.05) is 0 Å². The van der Waals surface area contributed by atoms with Crippen molar-refractivity contribution in [3.63, 3.8) is 0 Å². The van der Waals surface area contributed by atoms with E-state index >= 15 is 0 Å². The number of rotatable bonds is 6. The topological polar surface area (TPSA) is 71.7 Å². The van der Waals surface area contributed by atoms with Crippen LogP contribution in [-0.2, 0) is 6.18 Å². The Balaban J connectivity index is 1.84. The monoisotopic (exact) mass is 357 g/mol. The number of alkyl halides is 3. The molecule has 1 aromatic carbocycles. The van der Waals surface area contributed by atoms with Gasteiger partial charge in [-0.15, -0.1) is 0 Å². The standard InChI is InChI=1S/C17H18F3NO4/c1-10-6-15(11(2)25-10)16(23)21-8-13(22)9-24-14-5-3-4-12(7-14)17(18,19)20/h3-7,13,22H,8-9H2,1-2H3,(H,21,23)/t13-/m0/s1. The molecular weight excluding hydrogens is 339 g/mol. The van der Waals surface area contributed by atoms with Crippen LogP contribution in [-0.4, -0.2) is 30.3 Å². The van der Waals surface area contributed by atoms with Crippen molar-refractivity contribution in [1.82, 2.24) is 5.32 Å². The van der Waals surface area contributed by atoms with Gasteiger partial charge in [0.2, 0.25) is 0 Å². The van der Waals surface area contributed by atoms with Crippen LogP contribution in [0.4, 0.5) is 13.2 Å². The van der Waals surface area contributed by atoms with Crippen molar-refractivity contribution in [3.05, 3.63) is 53.0 Å². The van der Waals surface area contributed by atoms with Crippen molar-refractivity contribution in [2.75, 3.05) is 13.2 Å². The third kappa shape index (κ3) is 5.25. The van der Waals surface area contributed by atoms with Gasteiger partial charge in [-0.05, 0) is 38.1 Å². The molecule has 0 aliphatic carbocycles. The summed E-state index contributed by atoms with van der Waals surface area (Å²) in [6.07, 6.45) is -5.54. The summed E-state index contributed by atoms with van der Waals surface area (Å²) < 4.78 is 48.2. The largest absolute Gasteiger partial charge is 0.491 e. The van der Waals surface area contributed by atoms with Crippen LogP contribution in [0.5, 0.6) is 5.75 Å². The predicted octanol–water partition coefficient (Wildman–Crippen LogP) is 3.08. The van der Waals surface area contributed by atoms with Gasteiger partial charge in [0.1, 0.15) is 30.0 Å². The maximum atomic E-state index is 12.6. The molecule has 0 saturated heterocycles. The molecule has 0 radical (unpaired) electrons. The van der Waals surface area contributed by atoms with Gasteiger partial charge in [-0.2, -0.15) is 13.2 Å². The molecule has 1 aromatic heterocycles. The third-order valence-electron chi connectivity index (χ3n) is 3.39. The first-order chi connectivity index (χ1) is 11.7. The summed E-state index contributed by atoms with van der Waals surface area (Å²) in [5.74, 6) is 0.634. The zero-order valence-electron chi connectivity index (χ0n) is 13.7. The average Bonchev–Trinajstić information content (AvgIpc) is 2.88. The lowest BCUT2D eigenvalue weighted by Crippen LogP contribution is -2.35. The summed E-state index contributed by atoms with van der Waals surface area (Å²) in [7, 11) is 0.